The average Bonchev–Trinajstić information content (AvgIpc) is 3.32. The molecule has 0 bridgehead atoms. The van der Waals surface area contributed by atoms with Gasteiger partial charge >= 0.3 is 0 Å². The average molecular weight is 456 g/mol. The lowest BCUT2D eigenvalue weighted by atomic mass is 10.1. The van der Waals surface area contributed by atoms with E-state index in [2.05, 4.69) is 15.6 Å². The van der Waals surface area contributed by atoms with E-state index in [4.69, 9.17) is 11.6 Å². The largest absolute Gasteiger partial charge is 0.350 e. The second-order valence-electron chi connectivity index (χ2n) is 7.99. The van der Waals surface area contributed by atoms with Crippen LogP contribution in [0.15, 0.2) is 48.5 Å². The summed E-state index contributed by atoms with van der Waals surface area (Å²) in [4.78, 5) is 26.8. The van der Waals surface area contributed by atoms with E-state index in [-0.39, 0.29) is 29.2 Å². The van der Waals surface area contributed by atoms with Crippen LogP contribution < -0.4 is 5.32 Å². The summed E-state index contributed by atoms with van der Waals surface area (Å²) in [6.45, 7) is 3.65. The fourth-order valence-corrected chi connectivity index (χ4v) is 3.88. The molecular formula is C23H23ClFN5O2. The van der Waals surface area contributed by atoms with E-state index in [1.165, 1.54) is 12.1 Å². The fraction of sp³-hybridized carbons (Fsp3) is 0.304. The van der Waals surface area contributed by atoms with Crippen LogP contribution in [0.2, 0.25) is 5.02 Å². The number of nitrogens with one attached hydrogen (secondary N) is 1. The molecule has 166 valence electrons. The Balaban J connectivity index is 1.31. The van der Waals surface area contributed by atoms with Crippen molar-refractivity contribution < 1.29 is 14.0 Å². The lowest BCUT2D eigenvalue weighted by Gasteiger charge is -2.17. The van der Waals surface area contributed by atoms with E-state index in [1.807, 2.05) is 12.1 Å². The summed E-state index contributed by atoms with van der Waals surface area (Å²) in [5.41, 5.74) is 2.74. The number of benzene rings is 2. The Morgan fingerprint density at radius 2 is 1.78 bits per heavy atom. The number of hydrogen-bond acceptors (Lipinski definition) is 4. The molecule has 3 aromatic rings. The van der Waals surface area contributed by atoms with Gasteiger partial charge in [0, 0.05) is 37.0 Å². The summed E-state index contributed by atoms with van der Waals surface area (Å²) in [5, 5.41) is 11.6. The van der Waals surface area contributed by atoms with Crippen molar-refractivity contribution in [2.45, 2.75) is 26.4 Å². The van der Waals surface area contributed by atoms with Gasteiger partial charge in [-0.05, 0) is 42.3 Å². The molecule has 0 spiro atoms. The third kappa shape index (κ3) is 5.13. The molecule has 1 saturated heterocycles. The second-order valence-corrected chi connectivity index (χ2v) is 8.42. The quantitative estimate of drug-likeness (QED) is 0.593. The Labute approximate surface area is 190 Å². The van der Waals surface area contributed by atoms with Gasteiger partial charge in [0.2, 0.25) is 5.91 Å². The van der Waals surface area contributed by atoms with Gasteiger partial charge in [-0.3, -0.25) is 9.59 Å². The highest BCUT2D eigenvalue weighted by atomic mass is 35.5. The van der Waals surface area contributed by atoms with Crippen molar-refractivity contribution in [2.24, 2.45) is 5.92 Å². The van der Waals surface area contributed by atoms with Crippen LogP contribution in [-0.4, -0.2) is 44.8 Å². The standard InChI is InChI=1S/C23H23ClFN5O2/c1-15-22(27-28-30(15)14-17-4-8-20(25)9-5-17)23(32)26-11-18-10-21(31)29(13-18)12-16-2-6-19(24)7-3-16/h2-9,18H,10-14H2,1H3,(H,26,32). The maximum Gasteiger partial charge on any atom is 0.273 e. The zero-order valence-corrected chi connectivity index (χ0v) is 18.3. The third-order valence-electron chi connectivity index (χ3n) is 5.58. The van der Waals surface area contributed by atoms with Gasteiger partial charge in [-0.25, -0.2) is 9.07 Å². The molecule has 0 radical (unpaired) electrons. The van der Waals surface area contributed by atoms with Crippen molar-refractivity contribution in [1.29, 1.82) is 0 Å². The number of nitrogens with zero attached hydrogens (tertiary/aromatic N) is 4. The Morgan fingerprint density at radius 1 is 1.12 bits per heavy atom. The highest BCUT2D eigenvalue weighted by Gasteiger charge is 2.30. The van der Waals surface area contributed by atoms with Gasteiger partial charge in [0.05, 0.1) is 12.2 Å². The second kappa shape index (κ2) is 9.48. The van der Waals surface area contributed by atoms with Gasteiger partial charge in [0.15, 0.2) is 5.69 Å². The summed E-state index contributed by atoms with van der Waals surface area (Å²) < 4.78 is 14.7. The molecule has 2 amide bonds. The summed E-state index contributed by atoms with van der Waals surface area (Å²) in [7, 11) is 0. The summed E-state index contributed by atoms with van der Waals surface area (Å²) in [5.74, 6) is -0.522. The van der Waals surface area contributed by atoms with Gasteiger partial charge < -0.3 is 10.2 Å². The number of hydrogen-bond donors (Lipinski definition) is 1. The SMILES string of the molecule is Cc1c(C(=O)NCC2CC(=O)N(Cc3ccc(Cl)cc3)C2)nnn1Cc1ccc(F)cc1. The van der Waals surface area contributed by atoms with E-state index < -0.39 is 0 Å². The maximum atomic E-state index is 13.1. The third-order valence-corrected chi connectivity index (χ3v) is 5.83. The Kier molecular flexibility index (Phi) is 6.50. The van der Waals surface area contributed by atoms with E-state index >= 15 is 0 Å². The Morgan fingerprint density at radius 3 is 2.50 bits per heavy atom. The van der Waals surface area contributed by atoms with Gasteiger partial charge in [-0.1, -0.05) is 41.1 Å². The molecule has 4 rings (SSSR count). The van der Waals surface area contributed by atoms with Crippen LogP contribution in [0.1, 0.15) is 33.7 Å². The van der Waals surface area contributed by atoms with Crippen molar-refractivity contribution in [2.75, 3.05) is 13.1 Å². The van der Waals surface area contributed by atoms with Crippen LogP contribution in [0.3, 0.4) is 0 Å². The van der Waals surface area contributed by atoms with Gasteiger partial charge in [-0.15, -0.1) is 5.10 Å². The Hall–Kier alpha value is -3.26. The van der Waals surface area contributed by atoms with E-state index in [1.54, 1.807) is 40.8 Å². The number of aromatic nitrogens is 3. The lowest BCUT2D eigenvalue weighted by Crippen LogP contribution is -2.31. The summed E-state index contributed by atoms with van der Waals surface area (Å²) in [6.07, 6.45) is 0.393. The lowest BCUT2D eigenvalue weighted by molar-refractivity contribution is -0.128. The fourth-order valence-electron chi connectivity index (χ4n) is 3.76. The first-order valence-corrected chi connectivity index (χ1v) is 10.7. The van der Waals surface area contributed by atoms with Gasteiger partial charge in [-0.2, -0.15) is 0 Å². The number of carbonyl (C=O) groups is 2. The minimum atomic E-state index is -0.323. The normalized spacial score (nSPS) is 15.9. The number of likely N-dealkylation sites (tertiary alicyclic amines) is 1. The van der Waals surface area contributed by atoms with Crippen molar-refractivity contribution in [3.63, 3.8) is 0 Å². The van der Waals surface area contributed by atoms with Crippen LogP contribution in [-0.2, 0) is 17.9 Å². The minimum absolute atomic E-state index is 0.0355. The Bertz CT molecular complexity index is 1110. The van der Waals surface area contributed by atoms with E-state index in [9.17, 15) is 14.0 Å². The zero-order chi connectivity index (χ0) is 22.7. The minimum Gasteiger partial charge on any atom is -0.350 e. The number of amides is 2. The van der Waals surface area contributed by atoms with E-state index in [0.717, 1.165) is 11.1 Å². The maximum absolute atomic E-state index is 13.1. The van der Waals surface area contributed by atoms with Crippen LogP contribution in [0, 0.1) is 18.7 Å². The van der Waals surface area contributed by atoms with Crippen molar-refractivity contribution in [1.82, 2.24) is 25.2 Å². The number of carbonyl (C=O) groups excluding carboxylic acids is 2. The van der Waals surface area contributed by atoms with Crippen LogP contribution in [0.25, 0.3) is 0 Å². The smallest absolute Gasteiger partial charge is 0.273 e. The monoisotopic (exact) mass is 455 g/mol. The predicted molar refractivity (Wildman–Crippen MR) is 118 cm³/mol. The number of rotatable bonds is 7. The van der Waals surface area contributed by atoms with Crippen molar-refractivity contribution in [3.8, 4) is 0 Å². The van der Waals surface area contributed by atoms with Crippen LogP contribution in [0.5, 0.6) is 0 Å². The van der Waals surface area contributed by atoms with Crippen LogP contribution in [0.4, 0.5) is 4.39 Å². The molecule has 1 N–H and O–H groups in total. The molecule has 32 heavy (non-hydrogen) atoms. The van der Waals surface area contributed by atoms with Gasteiger partial charge in [0.25, 0.3) is 5.91 Å². The molecule has 1 atom stereocenters. The molecule has 1 fully saturated rings. The molecule has 2 aromatic carbocycles. The number of halogens is 2. The van der Waals surface area contributed by atoms with Crippen molar-refractivity contribution in [3.05, 3.63) is 81.9 Å². The highest BCUT2D eigenvalue weighted by Crippen LogP contribution is 2.21. The van der Waals surface area contributed by atoms with Crippen molar-refractivity contribution >= 4 is 23.4 Å². The molecule has 7 nitrogen and oxygen atoms in total. The molecule has 1 aliphatic heterocycles. The summed E-state index contributed by atoms with van der Waals surface area (Å²) in [6, 6.07) is 13.5. The molecule has 1 aliphatic rings. The van der Waals surface area contributed by atoms with Crippen LogP contribution >= 0.6 is 11.6 Å². The molecule has 0 saturated carbocycles. The first kappa shape index (κ1) is 22.0. The van der Waals surface area contributed by atoms with E-state index in [0.29, 0.717) is 43.3 Å². The molecule has 2 heterocycles. The molecule has 1 unspecified atom stereocenters. The molecule has 0 aliphatic carbocycles. The summed E-state index contributed by atoms with van der Waals surface area (Å²) >= 11 is 5.91. The first-order chi connectivity index (χ1) is 15.4. The van der Waals surface area contributed by atoms with Gasteiger partial charge in [0.1, 0.15) is 5.82 Å². The predicted octanol–water partition coefficient (Wildman–Crippen LogP) is 3.21. The molecular weight excluding hydrogens is 433 g/mol. The first-order valence-electron chi connectivity index (χ1n) is 10.3. The topological polar surface area (TPSA) is 80.1 Å². The molecule has 1 aromatic heterocycles. The molecule has 9 heteroatoms. The zero-order valence-electron chi connectivity index (χ0n) is 17.6. The highest BCUT2D eigenvalue weighted by molar-refractivity contribution is 6.30.